The van der Waals surface area contributed by atoms with Crippen molar-refractivity contribution in [2.45, 2.75) is 25.2 Å². The molecule has 9 nitrogen and oxygen atoms in total. The first-order valence-corrected chi connectivity index (χ1v) is 11.8. The Balaban J connectivity index is 1.62. The zero-order valence-corrected chi connectivity index (χ0v) is 21.3. The second-order valence-electron chi connectivity index (χ2n) is 9.28. The van der Waals surface area contributed by atoms with Crippen molar-refractivity contribution in [3.63, 3.8) is 0 Å². The number of halogens is 4. The van der Waals surface area contributed by atoms with Crippen molar-refractivity contribution in [1.29, 1.82) is 0 Å². The van der Waals surface area contributed by atoms with Crippen molar-refractivity contribution in [3.05, 3.63) is 64.0 Å². The number of pyridine rings is 1. The summed E-state index contributed by atoms with van der Waals surface area (Å²) in [5, 5.41) is 21.0. The van der Waals surface area contributed by atoms with E-state index in [9.17, 15) is 18.3 Å². The van der Waals surface area contributed by atoms with Gasteiger partial charge in [0.2, 0.25) is 5.88 Å². The summed E-state index contributed by atoms with van der Waals surface area (Å²) >= 11 is 6.84. The minimum Gasteiger partial charge on any atom is -0.481 e. The van der Waals surface area contributed by atoms with E-state index in [1.54, 1.807) is 48.0 Å². The van der Waals surface area contributed by atoms with E-state index in [0.29, 0.717) is 44.3 Å². The summed E-state index contributed by atoms with van der Waals surface area (Å²) in [6.45, 7) is 1.74. The summed E-state index contributed by atoms with van der Waals surface area (Å²) in [5.74, 6) is -0.418. The van der Waals surface area contributed by atoms with Crippen LogP contribution in [0.5, 0.6) is 5.88 Å². The van der Waals surface area contributed by atoms with Gasteiger partial charge >= 0.3 is 6.18 Å². The number of hydrogen-bond acceptors (Lipinski definition) is 7. The van der Waals surface area contributed by atoms with Crippen LogP contribution in [0.15, 0.2) is 30.6 Å². The first-order valence-electron chi connectivity index (χ1n) is 11.5. The Labute approximate surface area is 215 Å². The lowest BCUT2D eigenvalue weighted by molar-refractivity contribution is -0.210. The first kappa shape index (κ1) is 25.4. The van der Waals surface area contributed by atoms with Gasteiger partial charge in [-0.15, -0.1) is 5.10 Å². The van der Waals surface area contributed by atoms with E-state index >= 15 is 0 Å². The fraction of sp³-hybridized carbons (Fsp3) is 0.417. The van der Waals surface area contributed by atoms with Crippen molar-refractivity contribution in [1.82, 2.24) is 34.4 Å². The molecule has 0 radical (unpaired) electrons. The SMILES string of the molecule is COc1nc2ccc([C@](O)(c3cnnn3C)c3cnc(C)n3C)cc2c(Cl)c1CN1CC(C(F)(F)F)C1. The first-order chi connectivity index (χ1) is 17.4. The molecule has 0 spiro atoms. The number of aryl methyl sites for hydroxylation is 2. The Kier molecular flexibility index (Phi) is 6.16. The maximum Gasteiger partial charge on any atom is 0.394 e. The summed E-state index contributed by atoms with van der Waals surface area (Å²) in [6, 6.07) is 5.16. The van der Waals surface area contributed by atoms with Crippen molar-refractivity contribution in [2.75, 3.05) is 20.2 Å². The van der Waals surface area contributed by atoms with Gasteiger partial charge in [0.05, 0.1) is 41.7 Å². The van der Waals surface area contributed by atoms with Gasteiger partial charge in [-0.2, -0.15) is 13.2 Å². The Morgan fingerprint density at radius 2 is 1.89 bits per heavy atom. The van der Waals surface area contributed by atoms with Gasteiger partial charge in [0, 0.05) is 44.7 Å². The summed E-state index contributed by atoms with van der Waals surface area (Å²) < 4.78 is 47.6. The minimum absolute atomic E-state index is 0.117. The average molecular weight is 536 g/mol. The van der Waals surface area contributed by atoms with Gasteiger partial charge in [0.25, 0.3) is 0 Å². The van der Waals surface area contributed by atoms with E-state index in [1.165, 1.54) is 18.0 Å². The third-order valence-electron chi connectivity index (χ3n) is 7.07. The van der Waals surface area contributed by atoms with Crippen molar-refractivity contribution in [2.24, 2.45) is 20.0 Å². The molecule has 1 fully saturated rings. The zero-order chi connectivity index (χ0) is 26.7. The number of alkyl halides is 3. The molecule has 0 amide bonds. The van der Waals surface area contributed by atoms with Gasteiger partial charge < -0.3 is 14.4 Å². The third-order valence-corrected chi connectivity index (χ3v) is 7.50. The van der Waals surface area contributed by atoms with Crippen LogP contribution < -0.4 is 4.74 Å². The lowest BCUT2D eigenvalue weighted by atomic mass is 9.86. The van der Waals surface area contributed by atoms with Gasteiger partial charge in [-0.25, -0.2) is 14.6 Å². The molecule has 1 N–H and O–H groups in total. The largest absolute Gasteiger partial charge is 0.481 e. The molecule has 4 heterocycles. The Morgan fingerprint density at radius 1 is 1.16 bits per heavy atom. The van der Waals surface area contributed by atoms with Crippen LogP contribution in [0, 0.1) is 12.8 Å². The molecule has 4 aromatic rings. The monoisotopic (exact) mass is 535 g/mol. The fourth-order valence-corrected chi connectivity index (χ4v) is 5.08. The number of aromatic nitrogens is 6. The molecule has 1 atom stereocenters. The summed E-state index contributed by atoms with van der Waals surface area (Å²) in [4.78, 5) is 10.5. The number of methoxy groups -OCH3 is 1. The van der Waals surface area contributed by atoms with Gasteiger partial charge in [0.15, 0.2) is 5.60 Å². The van der Waals surface area contributed by atoms with Crippen LogP contribution in [-0.2, 0) is 26.2 Å². The highest BCUT2D eigenvalue weighted by Crippen LogP contribution is 2.41. The smallest absolute Gasteiger partial charge is 0.394 e. The Morgan fingerprint density at radius 3 is 2.46 bits per heavy atom. The van der Waals surface area contributed by atoms with Gasteiger partial charge in [-0.05, 0) is 24.6 Å². The molecule has 1 aliphatic heterocycles. The third kappa shape index (κ3) is 4.12. The van der Waals surface area contributed by atoms with Crippen LogP contribution in [0.4, 0.5) is 13.2 Å². The predicted octanol–water partition coefficient (Wildman–Crippen LogP) is 3.35. The van der Waals surface area contributed by atoms with Crippen LogP contribution in [0.2, 0.25) is 5.02 Å². The van der Waals surface area contributed by atoms with Crippen LogP contribution in [0.25, 0.3) is 10.9 Å². The van der Waals surface area contributed by atoms with E-state index in [2.05, 4.69) is 20.3 Å². The molecule has 37 heavy (non-hydrogen) atoms. The molecular weight excluding hydrogens is 511 g/mol. The minimum atomic E-state index is -4.23. The van der Waals surface area contributed by atoms with Gasteiger partial charge in [0.1, 0.15) is 11.5 Å². The van der Waals surface area contributed by atoms with E-state index in [-0.39, 0.29) is 25.5 Å². The molecule has 3 aromatic heterocycles. The van der Waals surface area contributed by atoms with Crippen molar-refractivity contribution in [3.8, 4) is 5.88 Å². The number of aliphatic hydroxyl groups is 1. The van der Waals surface area contributed by atoms with Crippen LogP contribution in [0.1, 0.15) is 28.3 Å². The summed E-state index contributed by atoms with van der Waals surface area (Å²) in [5.41, 5.74) is 0.671. The molecule has 196 valence electrons. The predicted molar refractivity (Wildman–Crippen MR) is 129 cm³/mol. The normalized spacial score (nSPS) is 16.7. The zero-order valence-electron chi connectivity index (χ0n) is 20.6. The van der Waals surface area contributed by atoms with Gasteiger partial charge in [-0.3, -0.25) is 4.90 Å². The van der Waals surface area contributed by atoms with Crippen LogP contribution in [0.3, 0.4) is 0 Å². The second-order valence-corrected chi connectivity index (χ2v) is 9.66. The molecule has 0 saturated carbocycles. The quantitative estimate of drug-likeness (QED) is 0.405. The van der Waals surface area contributed by atoms with Crippen molar-refractivity contribution >= 4 is 22.5 Å². The maximum absolute atomic E-state index is 13.0. The number of likely N-dealkylation sites (tertiary alicyclic amines) is 1. The maximum atomic E-state index is 13.0. The number of ether oxygens (including phenoxy) is 1. The molecule has 1 saturated heterocycles. The standard InChI is InChI=1S/C24H25ClF3N7O2/c1-13-29-8-19(33(13)2)23(36,20-9-30-32-34(20)3)14-5-6-18-16(7-14)21(25)17(22(31-18)37-4)12-35-10-15(11-35)24(26,27)28/h5-9,15,36H,10-12H2,1-4H3/t23-/m1/s1. The lowest BCUT2D eigenvalue weighted by Crippen LogP contribution is -2.52. The number of nitrogens with zero attached hydrogens (tertiary/aromatic N) is 7. The molecule has 13 heteroatoms. The highest BCUT2D eigenvalue weighted by Gasteiger charge is 2.47. The second kappa shape index (κ2) is 8.96. The highest BCUT2D eigenvalue weighted by molar-refractivity contribution is 6.36. The highest BCUT2D eigenvalue weighted by atomic mass is 35.5. The molecule has 1 aromatic carbocycles. The van der Waals surface area contributed by atoms with Crippen LogP contribution >= 0.6 is 11.6 Å². The number of benzene rings is 1. The Hall–Kier alpha value is -3.22. The molecule has 5 rings (SSSR count). The Bertz CT molecular complexity index is 1480. The summed E-state index contributed by atoms with van der Waals surface area (Å²) in [7, 11) is 4.92. The topological polar surface area (TPSA) is 94.1 Å². The molecule has 0 bridgehead atoms. The number of imidazole rings is 1. The summed E-state index contributed by atoms with van der Waals surface area (Å²) in [6.07, 6.45) is -1.16. The molecule has 1 aliphatic rings. The van der Waals surface area contributed by atoms with Crippen molar-refractivity contribution < 1.29 is 23.0 Å². The number of hydrogen-bond donors (Lipinski definition) is 1. The van der Waals surface area contributed by atoms with E-state index < -0.39 is 17.7 Å². The fourth-order valence-electron chi connectivity index (χ4n) is 4.79. The molecule has 0 unspecified atom stereocenters. The van der Waals surface area contributed by atoms with Gasteiger partial charge in [-0.1, -0.05) is 22.9 Å². The van der Waals surface area contributed by atoms with E-state index in [1.807, 2.05) is 6.92 Å². The number of fused-ring (bicyclic) bond motifs is 1. The molecule has 0 aliphatic carbocycles. The lowest BCUT2D eigenvalue weighted by Gasteiger charge is -2.40. The van der Waals surface area contributed by atoms with E-state index in [4.69, 9.17) is 16.3 Å². The van der Waals surface area contributed by atoms with E-state index in [0.717, 1.165) is 0 Å². The number of rotatable bonds is 6. The molecular formula is C24H25ClF3N7O2. The average Bonchev–Trinajstić information content (AvgIpc) is 3.40. The van der Waals surface area contributed by atoms with Crippen LogP contribution in [-0.4, -0.2) is 65.9 Å².